The zero-order valence-corrected chi connectivity index (χ0v) is 15.5. The number of nitriles is 2. The highest BCUT2D eigenvalue weighted by Gasteiger charge is 2.23. The third-order valence-corrected chi connectivity index (χ3v) is 4.85. The van der Waals surface area contributed by atoms with E-state index in [0.29, 0.717) is 23.3 Å². The maximum atomic E-state index is 8.65. The van der Waals surface area contributed by atoms with Gasteiger partial charge in [0.15, 0.2) is 0 Å². The van der Waals surface area contributed by atoms with Crippen molar-refractivity contribution in [3.8, 4) is 24.0 Å². The molecule has 0 aromatic heterocycles. The highest BCUT2D eigenvalue weighted by Crippen LogP contribution is 2.37. The van der Waals surface area contributed by atoms with Crippen LogP contribution in [0, 0.1) is 34.9 Å². The lowest BCUT2D eigenvalue weighted by molar-refractivity contribution is 0.376. The second-order valence-corrected chi connectivity index (χ2v) is 6.73. The molecule has 0 bridgehead atoms. The van der Waals surface area contributed by atoms with E-state index in [1.165, 1.54) is 11.1 Å². The maximum absolute atomic E-state index is 8.65. The lowest BCUT2D eigenvalue weighted by Gasteiger charge is -2.27. The average Bonchev–Trinajstić information content (AvgIpc) is 2.65. The number of ether oxygens (including phenoxy) is 2. The Hall–Kier alpha value is -2.98. The molecule has 0 N–H and O–H groups in total. The van der Waals surface area contributed by atoms with E-state index in [0.717, 1.165) is 12.8 Å². The van der Waals surface area contributed by atoms with E-state index in [1.54, 1.807) is 12.5 Å². The Labute approximate surface area is 155 Å². The molecule has 2 aromatic rings. The van der Waals surface area contributed by atoms with Gasteiger partial charge in [-0.3, -0.25) is 0 Å². The van der Waals surface area contributed by atoms with Crippen molar-refractivity contribution >= 4 is 0 Å². The first kappa shape index (κ1) is 19.3. The predicted molar refractivity (Wildman–Crippen MR) is 100 cm³/mol. The van der Waals surface area contributed by atoms with Crippen LogP contribution in [-0.2, 0) is 0 Å². The molecule has 0 saturated heterocycles. The minimum Gasteiger partial charge on any atom is -0.388 e. The van der Waals surface area contributed by atoms with Crippen molar-refractivity contribution in [3.05, 3.63) is 59.7 Å². The molecule has 0 amide bonds. The second-order valence-electron chi connectivity index (χ2n) is 6.73. The van der Waals surface area contributed by atoms with Gasteiger partial charge in [0, 0.05) is 5.92 Å². The molecule has 2 aromatic carbocycles. The summed E-state index contributed by atoms with van der Waals surface area (Å²) >= 11 is 0. The van der Waals surface area contributed by atoms with Crippen molar-refractivity contribution in [2.75, 3.05) is 0 Å². The van der Waals surface area contributed by atoms with Crippen LogP contribution in [-0.4, -0.2) is 0 Å². The fourth-order valence-electron chi connectivity index (χ4n) is 3.38. The Morgan fingerprint density at radius 2 is 1.23 bits per heavy atom. The van der Waals surface area contributed by atoms with Crippen molar-refractivity contribution in [3.63, 3.8) is 0 Å². The van der Waals surface area contributed by atoms with Crippen molar-refractivity contribution in [2.24, 2.45) is 11.8 Å². The van der Waals surface area contributed by atoms with E-state index < -0.39 is 0 Å². The first-order valence-electron chi connectivity index (χ1n) is 8.90. The summed E-state index contributed by atoms with van der Waals surface area (Å²) in [6.45, 7) is 6.77. The quantitative estimate of drug-likeness (QED) is 0.581. The zero-order valence-electron chi connectivity index (χ0n) is 15.5. The third-order valence-electron chi connectivity index (χ3n) is 4.85. The summed E-state index contributed by atoms with van der Waals surface area (Å²) < 4.78 is 9.78. The number of nitrogens with zero attached hydrogens (tertiary/aromatic N) is 2. The molecule has 0 aliphatic carbocycles. The van der Waals surface area contributed by atoms with Crippen LogP contribution >= 0.6 is 0 Å². The Morgan fingerprint density at radius 3 is 1.58 bits per heavy atom. The third kappa shape index (κ3) is 5.01. The van der Waals surface area contributed by atoms with Crippen LogP contribution in [0.25, 0.3) is 0 Å². The summed E-state index contributed by atoms with van der Waals surface area (Å²) in [6.07, 6.45) is 5.67. The molecule has 4 nitrogen and oxygen atoms in total. The molecule has 2 rings (SSSR count). The van der Waals surface area contributed by atoms with Gasteiger partial charge in [-0.2, -0.15) is 0 Å². The standard InChI is InChI=1S/C22H24N2O2/c1-4-16(2)13-17(3)22(18-5-9-20(10-6-18)25-14-23)19-7-11-21(12-8-19)26-15-24/h5-12,16-17,22H,4,13H2,1-3H3. The van der Waals surface area contributed by atoms with Gasteiger partial charge in [0.25, 0.3) is 12.5 Å². The lowest BCUT2D eigenvalue weighted by Crippen LogP contribution is -2.14. The van der Waals surface area contributed by atoms with Crippen LogP contribution in [0.5, 0.6) is 11.5 Å². The highest BCUT2D eigenvalue weighted by atomic mass is 16.5. The molecule has 2 atom stereocenters. The molecule has 0 fully saturated rings. The van der Waals surface area contributed by atoms with E-state index in [2.05, 4.69) is 20.8 Å². The Kier molecular flexibility index (Phi) is 7.06. The molecule has 4 heteroatoms. The fraction of sp³-hybridized carbons (Fsp3) is 0.364. The Morgan fingerprint density at radius 1 is 0.808 bits per heavy atom. The van der Waals surface area contributed by atoms with Crippen molar-refractivity contribution < 1.29 is 9.47 Å². The number of benzene rings is 2. The van der Waals surface area contributed by atoms with E-state index in [4.69, 9.17) is 20.0 Å². The highest BCUT2D eigenvalue weighted by molar-refractivity contribution is 5.39. The van der Waals surface area contributed by atoms with Gasteiger partial charge in [-0.1, -0.05) is 51.5 Å². The fourth-order valence-corrected chi connectivity index (χ4v) is 3.38. The van der Waals surface area contributed by atoms with E-state index in [-0.39, 0.29) is 5.92 Å². The average molecular weight is 348 g/mol. The van der Waals surface area contributed by atoms with Crippen LogP contribution in [0.1, 0.15) is 50.7 Å². The summed E-state index contributed by atoms with van der Waals surface area (Å²) in [4.78, 5) is 0. The summed E-state index contributed by atoms with van der Waals surface area (Å²) in [5.74, 6) is 2.39. The van der Waals surface area contributed by atoms with Gasteiger partial charge in [-0.15, -0.1) is 10.5 Å². The lowest BCUT2D eigenvalue weighted by atomic mass is 9.77. The summed E-state index contributed by atoms with van der Waals surface area (Å²) in [7, 11) is 0. The molecule has 0 radical (unpaired) electrons. The summed E-state index contributed by atoms with van der Waals surface area (Å²) in [6, 6.07) is 15.4. The Balaban J connectivity index is 2.35. The number of rotatable bonds is 8. The number of hydrogen-bond acceptors (Lipinski definition) is 4. The second kappa shape index (κ2) is 9.49. The van der Waals surface area contributed by atoms with E-state index in [1.807, 2.05) is 48.5 Å². The summed E-state index contributed by atoms with van der Waals surface area (Å²) in [5.41, 5.74) is 2.36. The van der Waals surface area contributed by atoms with Crippen LogP contribution in [0.4, 0.5) is 0 Å². The summed E-state index contributed by atoms with van der Waals surface area (Å²) in [5, 5.41) is 17.3. The van der Waals surface area contributed by atoms with Gasteiger partial charge >= 0.3 is 0 Å². The maximum Gasteiger partial charge on any atom is 0.292 e. The first-order valence-corrected chi connectivity index (χ1v) is 8.90. The smallest absolute Gasteiger partial charge is 0.292 e. The van der Waals surface area contributed by atoms with Gasteiger partial charge in [-0.25, -0.2) is 0 Å². The first-order chi connectivity index (χ1) is 12.6. The van der Waals surface area contributed by atoms with Crippen molar-refractivity contribution in [1.29, 1.82) is 10.5 Å². The van der Waals surface area contributed by atoms with Gasteiger partial charge in [0.05, 0.1) is 0 Å². The van der Waals surface area contributed by atoms with Crippen LogP contribution < -0.4 is 9.47 Å². The molecule has 0 heterocycles. The van der Waals surface area contributed by atoms with Gasteiger partial charge in [-0.05, 0) is 53.6 Å². The molecule has 134 valence electrons. The molecular weight excluding hydrogens is 324 g/mol. The SMILES string of the molecule is CCC(C)CC(C)C(c1ccc(OC#N)cc1)c1ccc(OC#N)cc1. The predicted octanol–water partition coefficient (Wildman–Crippen LogP) is 5.61. The topological polar surface area (TPSA) is 66.0 Å². The molecule has 0 aliphatic rings. The molecule has 0 spiro atoms. The van der Waals surface area contributed by atoms with Crippen molar-refractivity contribution in [1.82, 2.24) is 0 Å². The van der Waals surface area contributed by atoms with Crippen molar-refractivity contribution in [2.45, 2.75) is 39.5 Å². The van der Waals surface area contributed by atoms with Gasteiger partial charge in [0.2, 0.25) is 0 Å². The largest absolute Gasteiger partial charge is 0.388 e. The Bertz CT molecular complexity index is 710. The van der Waals surface area contributed by atoms with E-state index >= 15 is 0 Å². The molecular formula is C22H24N2O2. The minimum atomic E-state index is 0.219. The van der Waals surface area contributed by atoms with Crippen LogP contribution in [0.15, 0.2) is 48.5 Å². The minimum absolute atomic E-state index is 0.219. The molecule has 0 saturated carbocycles. The zero-order chi connectivity index (χ0) is 18.9. The molecule has 2 unspecified atom stereocenters. The monoisotopic (exact) mass is 348 g/mol. The van der Waals surface area contributed by atoms with Crippen LogP contribution in [0.2, 0.25) is 0 Å². The van der Waals surface area contributed by atoms with Gasteiger partial charge < -0.3 is 9.47 Å². The van der Waals surface area contributed by atoms with Gasteiger partial charge in [0.1, 0.15) is 11.5 Å². The number of hydrogen-bond donors (Lipinski definition) is 0. The van der Waals surface area contributed by atoms with Crippen LogP contribution in [0.3, 0.4) is 0 Å². The molecule has 0 aliphatic heterocycles. The van der Waals surface area contributed by atoms with E-state index in [9.17, 15) is 0 Å². The normalized spacial score (nSPS) is 12.7. The molecule has 26 heavy (non-hydrogen) atoms.